The molecule has 2 heterocycles. The van der Waals surface area contributed by atoms with Crippen LogP contribution in [0.5, 0.6) is 0 Å². The molecule has 2 aromatic heterocycles. The third-order valence-corrected chi connectivity index (χ3v) is 4.73. The quantitative estimate of drug-likeness (QED) is 0.866. The van der Waals surface area contributed by atoms with Crippen LogP contribution < -0.4 is 5.73 Å². The van der Waals surface area contributed by atoms with Gasteiger partial charge in [0.15, 0.2) is 10.8 Å². The second-order valence-corrected chi connectivity index (χ2v) is 6.78. The summed E-state index contributed by atoms with van der Waals surface area (Å²) in [6.45, 7) is 8.66. The summed E-state index contributed by atoms with van der Waals surface area (Å²) in [6.07, 6.45) is 1.98. The van der Waals surface area contributed by atoms with Gasteiger partial charge >= 0.3 is 0 Å². The fraction of sp³-hybridized carbons (Fsp3) is 0.538. The summed E-state index contributed by atoms with van der Waals surface area (Å²) in [5.74, 6) is 0. The van der Waals surface area contributed by atoms with E-state index in [-0.39, 0.29) is 11.5 Å². The third kappa shape index (κ3) is 2.67. The molecule has 0 aliphatic heterocycles. The fourth-order valence-corrected chi connectivity index (χ4v) is 3.24. The van der Waals surface area contributed by atoms with Crippen molar-refractivity contribution in [3.8, 4) is 0 Å². The highest BCUT2D eigenvalue weighted by atomic mass is 32.2. The molecule has 0 aliphatic rings. The van der Waals surface area contributed by atoms with E-state index in [9.17, 15) is 0 Å². The summed E-state index contributed by atoms with van der Waals surface area (Å²) in [4.78, 5) is 0. The van der Waals surface area contributed by atoms with Crippen molar-refractivity contribution in [2.75, 3.05) is 0 Å². The predicted octanol–water partition coefficient (Wildman–Crippen LogP) is 2.58. The highest BCUT2D eigenvalue weighted by molar-refractivity contribution is 7.99. The van der Waals surface area contributed by atoms with Crippen LogP contribution >= 0.6 is 11.8 Å². The molecule has 0 spiro atoms. The Hall–Kier alpha value is -1.07. The Labute approximate surface area is 112 Å². The lowest BCUT2D eigenvalue weighted by atomic mass is 9.88. The van der Waals surface area contributed by atoms with Crippen LogP contribution in [-0.2, 0) is 0 Å². The van der Waals surface area contributed by atoms with Crippen LogP contribution in [0.1, 0.15) is 27.7 Å². The monoisotopic (exact) mass is 264 g/mol. The number of pyridine rings is 1. The van der Waals surface area contributed by atoms with Crippen LogP contribution in [0.25, 0.3) is 5.65 Å². The molecule has 0 radical (unpaired) electrons. The molecule has 2 N–H and O–H groups in total. The molecule has 0 aromatic carbocycles. The van der Waals surface area contributed by atoms with Crippen LogP contribution in [-0.4, -0.2) is 25.9 Å². The molecule has 18 heavy (non-hydrogen) atoms. The van der Waals surface area contributed by atoms with Crippen molar-refractivity contribution in [1.29, 1.82) is 0 Å². The van der Waals surface area contributed by atoms with Gasteiger partial charge in [-0.1, -0.05) is 38.6 Å². The zero-order chi connectivity index (χ0) is 13.3. The molecule has 0 aliphatic carbocycles. The predicted molar refractivity (Wildman–Crippen MR) is 75.7 cm³/mol. The van der Waals surface area contributed by atoms with E-state index in [1.165, 1.54) is 0 Å². The first-order valence-corrected chi connectivity index (χ1v) is 6.99. The van der Waals surface area contributed by atoms with Crippen LogP contribution in [0.2, 0.25) is 0 Å². The van der Waals surface area contributed by atoms with E-state index in [2.05, 4.69) is 31.0 Å². The second-order valence-electron chi connectivity index (χ2n) is 5.68. The maximum absolute atomic E-state index is 6.11. The molecular formula is C13H20N4S. The van der Waals surface area contributed by atoms with Crippen LogP contribution in [0.15, 0.2) is 29.6 Å². The zero-order valence-electron chi connectivity index (χ0n) is 11.3. The standard InChI is InChI=1S/C13H20N4S/c1-9(14)11(13(2,3)4)18-12-16-15-10-7-5-6-8-17(10)12/h5-9,11H,14H2,1-4H3. The van der Waals surface area contributed by atoms with Crippen molar-refractivity contribution in [3.05, 3.63) is 24.4 Å². The molecule has 2 rings (SSSR count). The van der Waals surface area contributed by atoms with Crippen molar-refractivity contribution in [3.63, 3.8) is 0 Å². The summed E-state index contributed by atoms with van der Waals surface area (Å²) in [5, 5.41) is 9.62. The van der Waals surface area contributed by atoms with Gasteiger partial charge in [0, 0.05) is 17.5 Å². The molecule has 0 saturated heterocycles. The Morgan fingerprint density at radius 1 is 1.28 bits per heavy atom. The van der Waals surface area contributed by atoms with Crippen molar-refractivity contribution < 1.29 is 0 Å². The highest BCUT2D eigenvalue weighted by Gasteiger charge is 2.30. The number of fused-ring (bicyclic) bond motifs is 1. The van der Waals surface area contributed by atoms with Gasteiger partial charge in [-0.05, 0) is 24.5 Å². The summed E-state index contributed by atoms with van der Waals surface area (Å²) in [5.41, 5.74) is 7.10. The maximum atomic E-state index is 6.11. The van der Waals surface area contributed by atoms with Gasteiger partial charge in [-0.3, -0.25) is 4.40 Å². The van der Waals surface area contributed by atoms with Crippen LogP contribution in [0.4, 0.5) is 0 Å². The number of rotatable bonds is 3. The zero-order valence-corrected chi connectivity index (χ0v) is 12.1. The topological polar surface area (TPSA) is 56.2 Å². The Morgan fingerprint density at radius 3 is 2.61 bits per heavy atom. The molecule has 2 atom stereocenters. The molecule has 5 heteroatoms. The molecule has 0 bridgehead atoms. The van der Waals surface area contributed by atoms with E-state index in [0.29, 0.717) is 5.25 Å². The van der Waals surface area contributed by atoms with Gasteiger partial charge in [0.05, 0.1) is 0 Å². The highest BCUT2D eigenvalue weighted by Crippen LogP contribution is 2.36. The minimum absolute atomic E-state index is 0.103. The Kier molecular flexibility index (Phi) is 3.64. The van der Waals surface area contributed by atoms with E-state index < -0.39 is 0 Å². The lowest BCUT2D eigenvalue weighted by Crippen LogP contribution is -2.39. The van der Waals surface area contributed by atoms with E-state index in [0.717, 1.165) is 10.8 Å². The maximum Gasteiger partial charge on any atom is 0.195 e. The number of hydrogen-bond acceptors (Lipinski definition) is 4. The van der Waals surface area contributed by atoms with Gasteiger partial charge in [-0.2, -0.15) is 0 Å². The summed E-state index contributed by atoms with van der Waals surface area (Å²) in [7, 11) is 0. The number of hydrogen-bond donors (Lipinski definition) is 1. The van der Waals surface area contributed by atoms with Gasteiger partial charge in [-0.25, -0.2) is 0 Å². The molecule has 4 nitrogen and oxygen atoms in total. The SMILES string of the molecule is CC(N)C(Sc1nnc2ccccn12)C(C)(C)C. The minimum Gasteiger partial charge on any atom is -0.327 e. The van der Waals surface area contributed by atoms with Crippen molar-refractivity contribution in [1.82, 2.24) is 14.6 Å². The van der Waals surface area contributed by atoms with E-state index in [1.54, 1.807) is 11.8 Å². The molecule has 0 amide bonds. The molecule has 2 aromatic rings. The smallest absolute Gasteiger partial charge is 0.195 e. The normalized spacial score (nSPS) is 15.8. The van der Waals surface area contributed by atoms with E-state index in [1.807, 2.05) is 35.7 Å². The Balaban J connectivity index is 2.32. The summed E-state index contributed by atoms with van der Waals surface area (Å²) < 4.78 is 2.01. The number of nitrogens with zero attached hydrogens (tertiary/aromatic N) is 3. The van der Waals surface area contributed by atoms with E-state index >= 15 is 0 Å². The van der Waals surface area contributed by atoms with Crippen molar-refractivity contribution in [2.24, 2.45) is 11.1 Å². The average molecular weight is 264 g/mol. The second kappa shape index (κ2) is 4.90. The van der Waals surface area contributed by atoms with Gasteiger partial charge in [0.25, 0.3) is 0 Å². The molecule has 2 unspecified atom stereocenters. The molecular weight excluding hydrogens is 244 g/mol. The van der Waals surface area contributed by atoms with Crippen LogP contribution in [0.3, 0.4) is 0 Å². The Morgan fingerprint density at radius 2 is 2.00 bits per heavy atom. The van der Waals surface area contributed by atoms with Crippen LogP contribution in [0, 0.1) is 5.41 Å². The molecule has 0 fully saturated rings. The average Bonchev–Trinajstić information content (AvgIpc) is 2.67. The van der Waals surface area contributed by atoms with Gasteiger partial charge in [0.1, 0.15) is 0 Å². The third-order valence-electron chi connectivity index (χ3n) is 2.85. The number of nitrogens with two attached hydrogens (primary N) is 1. The van der Waals surface area contributed by atoms with Gasteiger partial charge in [0.2, 0.25) is 0 Å². The lowest BCUT2D eigenvalue weighted by Gasteiger charge is -2.32. The summed E-state index contributed by atoms with van der Waals surface area (Å²) >= 11 is 1.70. The number of aromatic nitrogens is 3. The van der Waals surface area contributed by atoms with Crippen molar-refractivity contribution >= 4 is 17.4 Å². The number of thioether (sulfide) groups is 1. The fourth-order valence-electron chi connectivity index (χ4n) is 2.09. The lowest BCUT2D eigenvalue weighted by molar-refractivity contribution is 0.363. The minimum atomic E-state index is 0.103. The molecule has 0 saturated carbocycles. The summed E-state index contributed by atoms with van der Waals surface area (Å²) in [6, 6.07) is 6.00. The van der Waals surface area contributed by atoms with E-state index in [4.69, 9.17) is 5.73 Å². The van der Waals surface area contributed by atoms with Gasteiger partial charge < -0.3 is 5.73 Å². The first kappa shape index (κ1) is 13.4. The first-order valence-electron chi connectivity index (χ1n) is 6.11. The largest absolute Gasteiger partial charge is 0.327 e. The first-order chi connectivity index (χ1) is 8.39. The van der Waals surface area contributed by atoms with Crippen molar-refractivity contribution in [2.45, 2.75) is 44.1 Å². The molecule has 98 valence electrons. The Bertz CT molecular complexity index is 527. The van der Waals surface area contributed by atoms with Gasteiger partial charge in [-0.15, -0.1) is 10.2 Å².